The first-order chi connectivity index (χ1) is 55.8. The fourth-order valence-electron chi connectivity index (χ4n) is 12.5. The number of H-pyrrole nitrogens is 1. The number of nitrogens with one attached hydrogen (secondary N) is 12. The number of nitrogens with two attached hydrogens (primary N) is 7. The number of guanidine groups is 2. The molecule has 14 atom stereocenters. The Morgan fingerprint density at radius 1 is 0.504 bits per heavy atom. The fraction of sp³-hybridized carbons (Fsp3) is 0.681. The molecule has 50 heteroatoms. The lowest BCUT2D eigenvalue weighted by molar-refractivity contribution is -0.145. The number of likely N-dealkylation sites (tertiary alicyclic amines) is 2. The van der Waals surface area contributed by atoms with Crippen LogP contribution in [0, 0.1) is 17.8 Å². The van der Waals surface area contributed by atoms with Gasteiger partial charge >= 0.3 is 19.8 Å². The highest BCUT2D eigenvalue weighted by atomic mass is 31.2. The Morgan fingerprint density at radius 2 is 0.899 bits per heavy atom. The number of primary amides is 2. The molecule has 0 unspecified atom stereocenters. The number of carbonyl (C=O) groups excluding carboxylic acids is 15. The minimum atomic E-state index is -5.53. The molecule has 2 fully saturated rings. The van der Waals surface area contributed by atoms with E-state index in [4.69, 9.17) is 44.7 Å². The first kappa shape index (κ1) is 102. The largest absolute Gasteiger partial charge is 0.481 e. The lowest BCUT2D eigenvalue weighted by Crippen LogP contribution is -2.62. The van der Waals surface area contributed by atoms with E-state index in [0.29, 0.717) is 6.42 Å². The normalized spacial score (nSPS) is 17.0. The van der Waals surface area contributed by atoms with Gasteiger partial charge in [0.1, 0.15) is 78.5 Å². The van der Waals surface area contributed by atoms with E-state index in [0.717, 1.165) is 4.90 Å². The fourth-order valence-corrected chi connectivity index (χ4v) is 12.9. The third-order valence-electron chi connectivity index (χ3n) is 18.6. The number of amides is 15. The topological polar surface area (TPSA) is 812 Å². The molecule has 3 rings (SSSR count). The molecule has 1 aromatic rings. The van der Waals surface area contributed by atoms with Crippen molar-refractivity contribution >= 4 is 120 Å². The summed E-state index contributed by atoms with van der Waals surface area (Å²) in [4.78, 5) is 268. The lowest BCUT2D eigenvalue weighted by Gasteiger charge is -2.31. The Kier molecular flexibility index (Phi) is 43.2. The van der Waals surface area contributed by atoms with Gasteiger partial charge in [0.15, 0.2) is 11.9 Å². The van der Waals surface area contributed by atoms with Crippen LogP contribution in [0.2, 0.25) is 0 Å². The van der Waals surface area contributed by atoms with Gasteiger partial charge < -0.3 is 144 Å². The van der Waals surface area contributed by atoms with E-state index < -0.39 is 270 Å². The van der Waals surface area contributed by atoms with Crippen LogP contribution in [0.5, 0.6) is 0 Å². The zero-order valence-electron chi connectivity index (χ0n) is 67.1. The van der Waals surface area contributed by atoms with Crippen LogP contribution in [0.4, 0.5) is 0 Å². The van der Waals surface area contributed by atoms with Crippen LogP contribution in [-0.4, -0.2) is 293 Å². The summed E-state index contributed by atoms with van der Waals surface area (Å²) >= 11 is 0. The average molecular weight is 1710 g/mol. The molecule has 2 saturated heterocycles. The number of phosphoric ester groups is 1. The van der Waals surface area contributed by atoms with E-state index in [9.17, 15) is 116 Å². The van der Waals surface area contributed by atoms with Crippen molar-refractivity contribution in [2.24, 2.45) is 67.9 Å². The molecule has 2 aliphatic rings. The van der Waals surface area contributed by atoms with Gasteiger partial charge in [-0.05, 0) is 101 Å². The van der Waals surface area contributed by atoms with Gasteiger partial charge in [0.25, 0.3) is 0 Å². The lowest BCUT2D eigenvalue weighted by atomic mass is 10.00. The zero-order valence-corrected chi connectivity index (χ0v) is 68.0. The number of aliphatic hydroxyl groups is 2. The zero-order chi connectivity index (χ0) is 89.7. The number of hydrogen-bond donors (Lipinski definition) is 25. The van der Waals surface area contributed by atoms with Crippen LogP contribution in [0.3, 0.4) is 0 Å². The van der Waals surface area contributed by atoms with Crippen molar-refractivity contribution in [3.63, 3.8) is 0 Å². The van der Waals surface area contributed by atoms with Gasteiger partial charge in [0.05, 0.1) is 32.2 Å². The molecule has 668 valence electrons. The van der Waals surface area contributed by atoms with Crippen LogP contribution in [0.1, 0.15) is 150 Å². The summed E-state index contributed by atoms with van der Waals surface area (Å²) in [7, 11) is -5.53. The first-order valence-electron chi connectivity index (χ1n) is 38.5. The molecule has 1 aromatic heterocycles. The molecule has 15 amide bonds. The number of aromatic amines is 1. The number of hydrogen-bond acceptors (Lipinski definition) is 25. The molecule has 119 heavy (non-hydrogen) atoms. The van der Waals surface area contributed by atoms with Crippen molar-refractivity contribution in [2.45, 2.75) is 235 Å². The number of nitrogens with zero attached hydrogens (tertiary/aromatic N) is 5. The van der Waals surface area contributed by atoms with Gasteiger partial charge in [-0.1, -0.05) is 41.5 Å². The van der Waals surface area contributed by atoms with E-state index >= 15 is 0 Å². The third kappa shape index (κ3) is 36.6. The van der Waals surface area contributed by atoms with Crippen molar-refractivity contribution < 1.29 is 121 Å². The number of aromatic nitrogens is 2. The third-order valence-corrected chi connectivity index (χ3v) is 19.1. The second kappa shape index (κ2) is 50.5. The smallest absolute Gasteiger partial charge is 0.469 e. The van der Waals surface area contributed by atoms with Crippen LogP contribution in [-0.2, 0) is 97.0 Å². The minimum Gasteiger partial charge on any atom is -0.481 e. The average Bonchev–Trinajstić information content (AvgIpc) is 1.74. The van der Waals surface area contributed by atoms with Crippen molar-refractivity contribution in [3.05, 3.63) is 18.2 Å². The Hall–Kier alpha value is -11.3. The maximum absolute atomic E-state index is 14.8. The van der Waals surface area contributed by atoms with Crippen LogP contribution in [0.25, 0.3) is 0 Å². The highest BCUT2D eigenvalue weighted by Crippen LogP contribution is 2.36. The van der Waals surface area contributed by atoms with Crippen LogP contribution < -0.4 is 98.6 Å². The maximum Gasteiger partial charge on any atom is 0.469 e. The predicted octanol–water partition coefficient (Wildman–Crippen LogP) is -9.98. The van der Waals surface area contributed by atoms with Gasteiger partial charge in [0, 0.05) is 63.8 Å². The Labute approximate surface area is 684 Å². The van der Waals surface area contributed by atoms with Gasteiger partial charge in [-0.2, -0.15) is 0 Å². The number of aliphatic imine (C=N–C) groups is 2. The number of aliphatic hydroxyl groups excluding tert-OH is 2. The second-order valence-corrected chi connectivity index (χ2v) is 30.9. The number of carboxylic acids is 2. The minimum absolute atomic E-state index is 0.0157. The molecule has 2 aliphatic heterocycles. The number of imidazole rings is 1. The van der Waals surface area contributed by atoms with Crippen molar-refractivity contribution in [2.75, 3.05) is 46.0 Å². The van der Waals surface area contributed by atoms with Gasteiger partial charge in [-0.25, -0.2) is 14.3 Å². The number of rotatable bonds is 54. The Morgan fingerprint density at radius 3 is 1.34 bits per heavy atom. The molecular weight excluding hydrogens is 1600 g/mol. The summed E-state index contributed by atoms with van der Waals surface area (Å²) in [6.45, 7) is 5.85. The Balaban J connectivity index is 1.92. The van der Waals surface area contributed by atoms with E-state index in [2.05, 4.69) is 78.4 Å². The maximum atomic E-state index is 14.8. The van der Waals surface area contributed by atoms with E-state index in [1.807, 2.05) is 0 Å². The van der Waals surface area contributed by atoms with Gasteiger partial charge in [0.2, 0.25) is 88.6 Å². The molecule has 0 aliphatic carbocycles. The number of phosphoric acid groups is 1. The summed E-state index contributed by atoms with van der Waals surface area (Å²) < 4.78 is 17.0. The molecule has 0 spiro atoms. The SMILES string of the molecule is CC(C)C[C@H](NC(=O)[C@H](CCC(=O)O)NC(=O)[C@@H](NC(=O)[C@H](CO)NC(=O)[C@H](CCC(N)=O)NC(=O)[C@@H](N)CCCN=C(N)N)C(C)C)C(=O)N[C@@H](Cc1cnc[nH]1)C(=O)N[C@@H](COP(=O)(O)O)C(=O)N1CCC[C@H]1C(=O)N[C@@H](CCC(N)=O)C(=O)N[C@@H](CO)C(=O)N[C@@H](CC(C)C)C(=O)N1CCC[C@H]1C(=O)N[C@@H](CCCN=C(N)N)C(=O)O. The summed E-state index contributed by atoms with van der Waals surface area (Å²) in [5.41, 5.74) is 38.3. The first-order valence-corrected chi connectivity index (χ1v) is 40.0. The Bertz CT molecular complexity index is 3780. The van der Waals surface area contributed by atoms with E-state index in [1.165, 1.54) is 31.3 Å². The molecule has 3 heterocycles. The van der Waals surface area contributed by atoms with Crippen molar-refractivity contribution in [3.8, 4) is 0 Å². The summed E-state index contributed by atoms with van der Waals surface area (Å²) in [5.74, 6) is -20.9. The molecular formula is C69H117N24O25P. The summed E-state index contributed by atoms with van der Waals surface area (Å²) in [5, 5.41) is 66.7. The molecule has 0 radical (unpaired) electrons. The molecule has 49 nitrogen and oxygen atoms in total. The molecule has 0 aromatic carbocycles. The predicted molar refractivity (Wildman–Crippen MR) is 418 cm³/mol. The quantitative estimate of drug-likeness (QED) is 0.0125. The van der Waals surface area contributed by atoms with Crippen molar-refractivity contribution in [1.82, 2.24) is 78.3 Å². The van der Waals surface area contributed by atoms with Crippen LogP contribution in [0.15, 0.2) is 22.5 Å². The summed E-state index contributed by atoms with van der Waals surface area (Å²) in [6, 6.07) is -22.9. The van der Waals surface area contributed by atoms with Crippen molar-refractivity contribution in [1.29, 1.82) is 0 Å². The van der Waals surface area contributed by atoms with Gasteiger partial charge in [-0.3, -0.25) is 91.2 Å². The highest BCUT2D eigenvalue weighted by Gasteiger charge is 2.44. The molecule has 0 bridgehead atoms. The monoisotopic (exact) mass is 1710 g/mol. The second-order valence-electron chi connectivity index (χ2n) is 29.7. The van der Waals surface area contributed by atoms with Gasteiger partial charge in [-0.15, -0.1) is 0 Å². The highest BCUT2D eigenvalue weighted by molar-refractivity contribution is 7.46. The molecule has 32 N–H and O–H groups in total. The van der Waals surface area contributed by atoms with Crippen LogP contribution >= 0.6 is 7.82 Å². The number of carboxylic acid groups (broad SMARTS) is 2. The molecule has 0 saturated carbocycles. The summed E-state index contributed by atoms with van der Waals surface area (Å²) in [6.07, 6.45) is -1.21. The number of aliphatic carboxylic acids is 2. The van der Waals surface area contributed by atoms with E-state index in [1.54, 1.807) is 27.7 Å². The standard InChI is InChI=1S/C69H117N24O25P/c1-33(2)25-42(85-55(101)40(17-20-52(98)99)83-64(110)53(35(5)6)91-61(107)46(30-95)89-56(102)38(15-18-50(71)96)81-54(100)37(70)11-7-21-78-68(73)74)58(104)86-43(27-36-28-77-32-80-36)59(105)90-47(31-118-119(115,116)117)66(112)93-24-10-13-48(93)62(108)82-39(16-19-51(72)97)57(103)88-45(29-94)60(106)87-44(26-34(3)4)65(111)92-23-9-14-49(92)63(109)84-41(67(113)114)12-8-22-79-69(75)76/h28,32-35,37-49,53,94-95H,7-27,29-31,70H2,1-6H3,(H2,71,96)(H2,72,97)(H,77,80)(H,81,100)(H,82,108)(H,83,110)(H,84,109)(H,85,101)(H,86,104)(H,87,106)(H,88,103)(H,89,102)(H,90,105)(H,91,107)(H,98,99)(H,113,114)(H4,73,74,78)(H4,75,76,79)(H2,115,116,117)/t37-,38-,39-,40-,41-,42-,43-,44-,45-,46-,47-,48-,49-,53-/m0/s1. The number of carbonyl (C=O) groups is 17. The van der Waals surface area contributed by atoms with E-state index in [-0.39, 0.29) is 107 Å².